The molecule has 0 spiro atoms. The van der Waals surface area contributed by atoms with E-state index in [4.69, 9.17) is 9.47 Å². The van der Waals surface area contributed by atoms with Crippen molar-refractivity contribution in [2.75, 3.05) is 20.8 Å². The van der Waals surface area contributed by atoms with Crippen molar-refractivity contribution in [1.29, 1.82) is 0 Å². The Bertz CT molecular complexity index is 107. The summed E-state index contributed by atoms with van der Waals surface area (Å²) >= 11 is 0. The van der Waals surface area contributed by atoms with Gasteiger partial charge in [-0.2, -0.15) is 0 Å². The van der Waals surface area contributed by atoms with Gasteiger partial charge in [-0.3, -0.25) is 0 Å². The van der Waals surface area contributed by atoms with Gasteiger partial charge in [0, 0.05) is 20.3 Å². The zero-order valence-electron chi connectivity index (χ0n) is 8.01. The highest BCUT2D eigenvalue weighted by Gasteiger charge is 2.15. The minimum absolute atomic E-state index is 0.0209. The molecule has 3 heteroatoms. The molecule has 0 aromatic carbocycles. The van der Waals surface area contributed by atoms with Crippen molar-refractivity contribution >= 4 is 0 Å². The molecule has 0 aliphatic carbocycles. The van der Waals surface area contributed by atoms with E-state index in [0.29, 0.717) is 6.04 Å². The van der Waals surface area contributed by atoms with Gasteiger partial charge in [0.05, 0.1) is 0 Å². The largest absolute Gasteiger partial charge is 0.356 e. The molecule has 1 rings (SSSR count). The fourth-order valence-electron chi connectivity index (χ4n) is 1.67. The van der Waals surface area contributed by atoms with E-state index in [1.54, 1.807) is 14.2 Å². The molecule has 0 saturated carbocycles. The van der Waals surface area contributed by atoms with Gasteiger partial charge < -0.3 is 14.8 Å². The highest BCUT2D eigenvalue weighted by atomic mass is 16.7. The van der Waals surface area contributed by atoms with Crippen molar-refractivity contribution in [3.05, 3.63) is 0 Å². The van der Waals surface area contributed by atoms with Gasteiger partial charge >= 0.3 is 0 Å². The Kier molecular flexibility index (Phi) is 4.58. The van der Waals surface area contributed by atoms with E-state index in [-0.39, 0.29) is 6.29 Å². The molecule has 72 valence electrons. The van der Waals surface area contributed by atoms with E-state index in [9.17, 15) is 0 Å². The first-order chi connectivity index (χ1) is 5.86. The van der Waals surface area contributed by atoms with Crippen LogP contribution in [0.15, 0.2) is 0 Å². The summed E-state index contributed by atoms with van der Waals surface area (Å²) in [5.41, 5.74) is 0. The molecular weight excluding hydrogens is 154 g/mol. The van der Waals surface area contributed by atoms with Gasteiger partial charge in [-0.05, 0) is 32.2 Å². The number of rotatable bonds is 5. The van der Waals surface area contributed by atoms with E-state index in [2.05, 4.69) is 5.32 Å². The number of methoxy groups -OCH3 is 2. The summed E-state index contributed by atoms with van der Waals surface area (Å²) in [5.74, 6) is 0. The first-order valence-corrected chi connectivity index (χ1v) is 4.65. The second kappa shape index (κ2) is 5.51. The van der Waals surface area contributed by atoms with Crippen LogP contribution in [0.1, 0.15) is 25.7 Å². The molecule has 0 aromatic rings. The molecule has 1 aliphatic heterocycles. The Morgan fingerprint density at radius 2 is 2.17 bits per heavy atom. The molecule has 0 bridgehead atoms. The maximum atomic E-state index is 5.11. The van der Waals surface area contributed by atoms with Gasteiger partial charge in [0.1, 0.15) is 0 Å². The van der Waals surface area contributed by atoms with Crippen molar-refractivity contribution in [1.82, 2.24) is 5.32 Å². The van der Waals surface area contributed by atoms with Crippen LogP contribution < -0.4 is 5.32 Å². The number of hydrogen-bond acceptors (Lipinski definition) is 3. The molecule has 1 N–H and O–H groups in total. The van der Waals surface area contributed by atoms with Crippen molar-refractivity contribution < 1.29 is 9.47 Å². The lowest BCUT2D eigenvalue weighted by Crippen LogP contribution is -2.24. The molecule has 1 unspecified atom stereocenters. The number of nitrogens with one attached hydrogen (secondary N) is 1. The standard InChI is InChI=1S/C9H19NO2/c1-11-9(12-2)6-5-8-4-3-7-10-8/h8-10H,3-7H2,1-2H3. The Morgan fingerprint density at radius 1 is 1.42 bits per heavy atom. The lowest BCUT2D eigenvalue weighted by atomic mass is 10.1. The van der Waals surface area contributed by atoms with Gasteiger partial charge in [-0.15, -0.1) is 0 Å². The zero-order chi connectivity index (χ0) is 8.81. The van der Waals surface area contributed by atoms with Crippen LogP contribution in [0.2, 0.25) is 0 Å². The third-order valence-corrected chi connectivity index (χ3v) is 2.44. The molecule has 0 radical (unpaired) electrons. The summed E-state index contributed by atoms with van der Waals surface area (Å²) in [5, 5.41) is 3.45. The predicted molar refractivity (Wildman–Crippen MR) is 48.1 cm³/mol. The molecule has 1 aliphatic rings. The van der Waals surface area contributed by atoms with Crippen LogP contribution in [0, 0.1) is 0 Å². The van der Waals surface area contributed by atoms with Gasteiger partial charge in [0.2, 0.25) is 0 Å². The van der Waals surface area contributed by atoms with E-state index >= 15 is 0 Å². The van der Waals surface area contributed by atoms with Crippen LogP contribution in [0.3, 0.4) is 0 Å². The highest BCUT2D eigenvalue weighted by Crippen LogP contribution is 2.13. The summed E-state index contributed by atoms with van der Waals surface area (Å²) in [6.45, 7) is 1.18. The SMILES string of the molecule is COC(CCC1CCCN1)OC. The Morgan fingerprint density at radius 3 is 2.67 bits per heavy atom. The zero-order valence-corrected chi connectivity index (χ0v) is 8.01. The topological polar surface area (TPSA) is 30.5 Å². The van der Waals surface area contributed by atoms with E-state index in [0.717, 1.165) is 12.8 Å². The van der Waals surface area contributed by atoms with E-state index < -0.39 is 0 Å². The van der Waals surface area contributed by atoms with Crippen LogP contribution in [0.5, 0.6) is 0 Å². The van der Waals surface area contributed by atoms with E-state index in [1.165, 1.54) is 19.4 Å². The molecular formula is C9H19NO2. The Balaban J connectivity index is 2.06. The number of hydrogen-bond donors (Lipinski definition) is 1. The summed E-state index contributed by atoms with van der Waals surface area (Å²) in [6, 6.07) is 0.692. The fraction of sp³-hybridized carbons (Fsp3) is 1.00. The summed E-state index contributed by atoms with van der Waals surface area (Å²) in [4.78, 5) is 0. The molecule has 1 heterocycles. The van der Waals surface area contributed by atoms with E-state index in [1.807, 2.05) is 0 Å². The average molecular weight is 173 g/mol. The molecule has 1 fully saturated rings. The minimum atomic E-state index is -0.0209. The first-order valence-electron chi connectivity index (χ1n) is 4.65. The smallest absolute Gasteiger partial charge is 0.156 e. The first kappa shape index (κ1) is 9.96. The normalized spacial score (nSPS) is 23.8. The monoisotopic (exact) mass is 173 g/mol. The van der Waals surface area contributed by atoms with Crippen molar-refractivity contribution in [2.24, 2.45) is 0 Å². The van der Waals surface area contributed by atoms with Gasteiger partial charge in [-0.25, -0.2) is 0 Å². The maximum Gasteiger partial charge on any atom is 0.156 e. The summed E-state index contributed by atoms with van der Waals surface area (Å²) in [6.07, 6.45) is 4.75. The molecule has 0 aromatic heterocycles. The van der Waals surface area contributed by atoms with Crippen molar-refractivity contribution in [3.63, 3.8) is 0 Å². The third kappa shape index (κ3) is 3.09. The summed E-state index contributed by atoms with van der Waals surface area (Å²) < 4.78 is 10.2. The maximum absolute atomic E-state index is 5.11. The lowest BCUT2D eigenvalue weighted by Gasteiger charge is -2.15. The quantitative estimate of drug-likeness (QED) is 0.632. The Labute approximate surface area is 74.4 Å². The summed E-state index contributed by atoms with van der Waals surface area (Å²) in [7, 11) is 3.38. The molecule has 0 amide bonds. The lowest BCUT2D eigenvalue weighted by molar-refractivity contribution is -0.107. The van der Waals surface area contributed by atoms with Gasteiger partial charge in [0.25, 0.3) is 0 Å². The molecule has 3 nitrogen and oxygen atoms in total. The van der Waals surface area contributed by atoms with Crippen LogP contribution in [0.4, 0.5) is 0 Å². The second-order valence-corrected chi connectivity index (χ2v) is 3.27. The third-order valence-electron chi connectivity index (χ3n) is 2.44. The van der Waals surface area contributed by atoms with Crippen LogP contribution in [0.25, 0.3) is 0 Å². The van der Waals surface area contributed by atoms with Crippen LogP contribution >= 0.6 is 0 Å². The minimum Gasteiger partial charge on any atom is -0.356 e. The molecule has 1 saturated heterocycles. The number of ether oxygens (including phenoxy) is 2. The molecule has 1 atom stereocenters. The van der Waals surface area contributed by atoms with Crippen molar-refractivity contribution in [3.8, 4) is 0 Å². The van der Waals surface area contributed by atoms with Crippen molar-refractivity contribution in [2.45, 2.75) is 38.0 Å². The van der Waals surface area contributed by atoms with Crippen LogP contribution in [-0.2, 0) is 9.47 Å². The van der Waals surface area contributed by atoms with Gasteiger partial charge in [0.15, 0.2) is 6.29 Å². The molecule has 12 heavy (non-hydrogen) atoms. The van der Waals surface area contributed by atoms with Crippen LogP contribution in [-0.4, -0.2) is 33.1 Å². The fourth-order valence-corrected chi connectivity index (χ4v) is 1.67. The van der Waals surface area contributed by atoms with Gasteiger partial charge in [-0.1, -0.05) is 0 Å². The highest BCUT2D eigenvalue weighted by molar-refractivity contribution is 4.74. The second-order valence-electron chi connectivity index (χ2n) is 3.27. The Hall–Kier alpha value is -0.120. The average Bonchev–Trinajstić information content (AvgIpc) is 2.59. The predicted octanol–water partition coefficient (Wildman–Crippen LogP) is 1.14.